The number of nitro benzene ring substituents is 1. The summed E-state index contributed by atoms with van der Waals surface area (Å²) < 4.78 is 10.8. The maximum atomic E-state index is 10.5. The molecule has 0 aliphatic carbocycles. The molecule has 0 saturated carbocycles. The summed E-state index contributed by atoms with van der Waals surface area (Å²) in [6.45, 7) is 8.30. The minimum absolute atomic E-state index is 0.0927. The molecule has 0 aromatic heterocycles. The molecule has 5 nitrogen and oxygen atoms in total. The van der Waals surface area contributed by atoms with Crippen LogP contribution in [0.15, 0.2) is 24.3 Å². The first-order chi connectivity index (χ1) is 8.88. The molecule has 106 valence electrons. The third-order valence-electron chi connectivity index (χ3n) is 2.58. The highest BCUT2D eigenvalue weighted by molar-refractivity contribution is 6.76. The van der Waals surface area contributed by atoms with Crippen LogP contribution >= 0.6 is 0 Å². The zero-order valence-electron chi connectivity index (χ0n) is 11.7. The lowest BCUT2D eigenvalue weighted by Crippen LogP contribution is -2.21. The number of nitrogens with zero attached hydrogens (tertiary/aromatic N) is 1. The number of ether oxygens (including phenoxy) is 2. The number of nitro groups is 1. The lowest BCUT2D eigenvalue weighted by molar-refractivity contribution is -0.384. The van der Waals surface area contributed by atoms with E-state index in [1.54, 1.807) is 12.1 Å². The van der Waals surface area contributed by atoms with Crippen molar-refractivity contribution in [2.24, 2.45) is 0 Å². The van der Waals surface area contributed by atoms with Gasteiger partial charge in [0.25, 0.3) is 5.69 Å². The van der Waals surface area contributed by atoms with Crippen molar-refractivity contribution in [3.05, 3.63) is 39.9 Å². The fourth-order valence-electron chi connectivity index (χ4n) is 1.37. The maximum absolute atomic E-state index is 10.5. The van der Waals surface area contributed by atoms with Crippen molar-refractivity contribution in [1.29, 1.82) is 0 Å². The summed E-state index contributed by atoms with van der Waals surface area (Å²) in [5.74, 6) is 0. The summed E-state index contributed by atoms with van der Waals surface area (Å²) in [5.41, 5.74) is 0.995. The average molecular weight is 283 g/mol. The molecule has 1 aromatic carbocycles. The molecule has 0 amide bonds. The van der Waals surface area contributed by atoms with Crippen molar-refractivity contribution in [2.75, 3.05) is 13.4 Å². The fourth-order valence-corrected chi connectivity index (χ4v) is 2.13. The van der Waals surface area contributed by atoms with Gasteiger partial charge >= 0.3 is 0 Å². The second-order valence-corrected chi connectivity index (χ2v) is 11.2. The minimum atomic E-state index is -1.04. The number of hydrogen-bond donors (Lipinski definition) is 0. The van der Waals surface area contributed by atoms with E-state index in [1.165, 1.54) is 12.1 Å². The number of rotatable bonds is 8. The Morgan fingerprint density at radius 1 is 1.16 bits per heavy atom. The first kappa shape index (κ1) is 15.8. The zero-order valence-corrected chi connectivity index (χ0v) is 12.7. The zero-order chi connectivity index (χ0) is 14.3. The van der Waals surface area contributed by atoms with Crippen LogP contribution in [-0.4, -0.2) is 26.4 Å². The van der Waals surface area contributed by atoms with Gasteiger partial charge in [0.15, 0.2) is 0 Å². The van der Waals surface area contributed by atoms with Gasteiger partial charge in [-0.05, 0) is 23.7 Å². The van der Waals surface area contributed by atoms with Crippen molar-refractivity contribution >= 4 is 13.8 Å². The van der Waals surface area contributed by atoms with Crippen LogP contribution in [0.2, 0.25) is 25.7 Å². The number of hydrogen-bond acceptors (Lipinski definition) is 4. The Kier molecular flexibility index (Phi) is 6.14. The van der Waals surface area contributed by atoms with Gasteiger partial charge in [-0.15, -0.1) is 0 Å². The van der Waals surface area contributed by atoms with E-state index in [-0.39, 0.29) is 12.5 Å². The van der Waals surface area contributed by atoms with Gasteiger partial charge in [0.05, 0.1) is 11.5 Å². The van der Waals surface area contributed by atoms with Gasteiger partial charge in [-0.2, -0.15) is 0 Å². The molecule has 0 bridgehead atoms. The first-order valence-corrected chi connectivity index (χ1v) is 9.98. The van der Waals surface area contributed by atoms with Gasteiger partial charge in [0.1, 0.15) is 6.79 Å². The molecule has 0 radical (unpaired) electrons. The van der Waals surface area contributed by atoms with Crippen LogP contribution in [0.3, 0.4) is 0 Å². The molecule has 0 atom stereocenters. The van der Waals surface area contributed by atoms with Crippen molar-refractivity contribution in [3.8, 4) is 0 Å². The normalized spacial score (nSPS) is 11.5. The van der Waals surface area contributed by atoms with E-state index in [0.717, 1.165) is 18.2 Å². The largest absolute Gasteiger partial charge is 0.356 e. The van der Waals surface area contributed by atoms with Crippen molar-refractivity contribution in [2.45, 2.75) is 32.3 Å². The molecule has 0 aliphatic heterocycles. The molecule has 6 heteroatoms. The average Bonchev–Trinajstić information content (AvgIpc) is 2.33. The first-order valence-electron chi connectivity index (χ1n) is 6.27. The summed E-state index contributed by atoms with van der Waals surface area (Å²) in [5, 5.41) is 10.5. The van der Waals surface area contributed by atoms with Crippen LogP contribution in [-0.2, 0) is 16.1 Å². The fraction of sp³-hybridized carbons (Fsp3) is 0.538. The molecule has 0 heterocycles. The molecule has 0 aliphatic rings. The van der Waals surface area contributed by atoms with Crippen LogP contribution in [0, 0.1) is 10.1 Å². The van der Waals surface area contributed by atoms with E-state index in [2.05, 4.69) is 19.6 Å². The molecule has 19 heavy (non-hydrogen) atoms. The second kappa shape index (κ2) is 7.37. The molecule has 0 N–H and O–H groups in total. The quantitative estimate of drug-likeness (QED) is 0.241. The Morgan fingerprint density at radius 2 is 1.79 bits per heavy atom. The SMILES string of the molecule is C[Si](C)(C)CCOCOCc1ccc([N+](=O)[O-])cc1. The molecular formula is C13H21NO4Si. The number of benzene rings is 1. The van der Waals surface area contributed by atoms with Crippen molar-refractivity contribution < 1.29 is 14.4 Å². The molecule has 0 saturated heterocycles. The van der Waals surface area contributed by atoms with E-state index in [1.807, 2.05) is 0 Å². The van der Waals surface area contributed by atoms with E-state index in [4.69, 9.17) is 9.47 Å². The lowest BCUT2D eigenvalue weighted by Gasteiger charge is -2.15. The van der Waals surface area contributed by atoms with Gasteiger partial charge in [0, 0.05) is 26.8 Å². The van der Waals surface area contributed by atoms with Crippen LogP contribution in [0.1, 0.15) is 5.56 Å². The summed E-state index contributed by atoms with van der Waals surface area (Å²) >= 11 is 0. The summed E-state index contributed by atoms with van der Waals surface area (Å²) in [4.78, 5) is 10.1. The molecule has 0 unspecified atom stereocenters. The highest BCUT2D eigenvalue weighted by Crippen LogP contribution is 2.12. The molecule has 0 fully saturated rings. The Balaban J connectivity index is 2.17. The molecule has 1 aromatic rings. The van der Waals surface area contributed by atoms with E-state index >= 15 is 0 Å². The third kappa shape index (κ3) is 7.05. The Bertz CT molecular complexity index is 400. The summed E-state index contributed by atoms with van der Waals surface area (Å²) in [7, 11) is -1.04. The van der Waals surface area contributed by atoms with E-state index in [9.17, 15) is 10.1 Å². The highest BCUT2D eigenvalue weighted by atomic mass is 28.3. The molecule has 1 rings (SSSR count). The van der Waals surface area contributed by atoms with Crippen LogP contribution in [0.25, 0.3) is 0 Å². The topological polar surface area (TPSA) is 61.6 Å². The molecule has 0 spiro atoms. The summed E-state index contributed by atoms with van der Waals surface area (Å²) in [6, 6.07) is 7.46. The van der Waals surface area contributed by atoms with Gasteiger partial charge in [-0.3, -0.25) is 10.1 Å². The summed E-state index contributed by atoms with van der Waals surface area (Å²) in [6.07, 6.45) is 0. The predicted octanol–water partition coefficient (Wildman–Crippen LogP) is 3.42. The van der Waals surface area contributed by atoms with E-state index < -0.39 is 13.0 Å². The highest BCUT2D eigenvalue weighted by Gasteiger charge is 2.11. The van der Waals surface area contributed by atoms with Gasteiger partial charge in [-0.1, -0.05) is 19.6 Å². The van der Waals surface area contributed by atoms with E-state index in [0.29, 0.717) is 6.61 Å². The van der Waals surface area contributed by atoms with Crippen molar-refractivity contribution in [3.63, 3.8) is 0 Å². The van der Waals surface area contributed by atoms with Crippen LogP contribution < -0.4 is 0 Å². The molecular weight excluding hydrogens is 262 g/mol. The van der Waals surface area contributed by atoms with Gasteiger partial charge in [-0.25, -0.2) is 0 Å². The second-order valence-electron chi connectivity index (χ2n) is 5.61. The Hall–Kier alpha value is -1.24. The smallest absolute Gasteiger partial charge is 0.269 e. The number of non-ortho nitro benzene ring substituents is 1. The standard InChI is InChI=1S/C13H21NO4Si/c1-19(2,3)9-8-17-11-18-10-12-4-6-13(7-5-12)14(15)16/h4-7H,8-11H2,1-3H3. The van der Waals surface area contributed by atoms with Crippen LogP contribution in [0.4, 0.5) is 5.69 Å². The van der Waals surface area contributed by atoms with Gasteiger partial charge in [0.2, 0.25) is 0 Å². The van der Waals surface area contributed by atoms with Gasteiger partial charge < -0.3 is 9.47 Å². The lowest BCUT2D eigenvalue weighted by atomic mass is 10.2. The van der Waals surface area contributed by atoms with Crippen LogP contribution in [0.5, 0.6) is 0 Å². The van der Waals surface area contributed by atoms with Crippen molar-refractivity contribution in [1.82, 2.24) is 0 Å². The Labute approximate surface area is 114 Å². The third-order valence-corrected chi connectivity index (χ3v) is 4.28. The predicted molar refractivity (Wildman–Crippen MR) is 76.9 cm³/mol. The minimum Gasteiger partial charge on any atom is -0.356 e. The Morgan fingerprint density at radius 3 is 2.32 bits per heavy atom. The maximum Gasteiger partial charge on any atom is 0.269 e. The monoisotopic (exact) mass is 283 g/mol.